The highest BCUT2D eigenvalue weighted by Crippen LogP contribution is 2.17. The highest BCUT2D eigenvalue weighted by atomic mass is 32.2. The van der Waals surface area contributed by atoms with Crippen LogP contribution in [0.5, 0.6) is 0 Å². The van der Waals surface area contributed by atoms with Gasteiger partial charge in [-0.1, -0.05) is 18.2 Å². The lowest BCUT2D eigenvalue weighted by Crippen LogP contribution is -2.12. The van der Waals surface area contributed by atoms with Gasteiger partial charge in [0.05, 0.1) is 23.0 Å². The maximum atomic E-state index is 12.2. The molecule has 106 valence electrons. The largest absolute Gasteiger partial charge is 0.280 e. The highest BCUT2D eigenvalue weighted by molar-refractivity contribution is 7.92. The minimum Gasteiger partial charge on any atom is -0.280 e. The lowest BCUT2D eigenvalue weighted by atomic mass is 10.3. The maximum Gasteiger partial charge on any atom is 0.261 e. The van der Waals surface area contributed by atoms with Crippen LogP contribution in [0.25, 0.3) is 5.69 Å². The zero-order chi connectivity index (χ0) is 14.7. The first-order chi connectivity index (χ1) is 10.1. The number of benzene rings is 2. The molecule has 0 fully saturated rings. The number of hydrogen-bond donors (Lipinski definition) is 1. The van der Waals surface area contributed by atoms with E-state index < -0.39 is 10.0 Å². The van der Waals surface area contributed by atoms with Gasteiger partial charge >= 0.3 is 0 Å². The van der Waals surface area contributed by atoms with Gasteiger partial charge in [0.25, 0.3) is 10.0 Å². The zero-order valence-corrected chi connectivity index (χ0v) is 11.7. The summed E-state index contributed by atoms with van der Waals surface area (Å²) in [7, 11) is -3.57. The van der Waals surface area contributed by atoms with E-state index in [1.165, 1.54) is 4.80 Å². The minimum absolute atomic E-state index is 0.225. The fraction of sp³-hybridized carbons (Fsp3) is 0. The van der Waals surface area contributed by atoms with Crippen molar-refractivity contribution in [3.05, 3.63) is 67.0 Å². The van der Waals surface area contributed by atoms with E-state index >= 15 is 0 Å². The summed E-state index contributed by atoms with van der Waals surface area (Å²) in [6, 6.07) is 15.0. The van der Waals surface area contributed by atoms with Crippen LogP contribution in [0, 0.1) is 0 Å². The third-order valence-electron chi connectivity index (χ3n) is 2.82. The van der Waals surface area contributed by atoms with Crippen molar-refractivity contribution in [3.63, 3.8) is 0 Å². The van der Waals surface area contributed by atoms with E-state index in [0.717, 1.165) is 5.69 Å². The molecule has 1 heterocycles. The standard InChI is InChI=1S/C14H12N4O2S/c19-21(20,14-4-2-1-3-5-14)17-12-6-8-13(9-7-12)18-15-10-11-16-18/h1-11,17H. The number of aromatic nitrogens is 3. The molecule has 0 saturated carbocycles. The lowest BCUT2D eigenvalue weighted by Gasteiger charge is -2.08. The predicted molar refractivity (Wildman–Crippen MR) is 78.6 cm³/mol. The van der Waals surface area contributed by atoms with Crippen LogP contribution in [0.1, 0.15) is 0 Å². The molecule has 0 radical (unpaired) electrons. The van der Waals surface area contributed by atoms with Crippen LogP contribution in [0.4, 0.5) is 5.69 Å². The molecule has 3 aromatic rings. The summed E-state index contributed by atoms with van der Waals surface area (Å²) in [6.45, 7) is 0. The fourth-order valence-electron chi connectivity index (χ4n) is 1.83. The summed E-state index contributed by atoms with van der Waals surface area (Å²) in [5.74, 6) is 0. The molecule has 6 nitrogen and oxygen atoms in total. The normalized spacial score (nSPS) is 11.2. The first-order valence-corrected chi connectivity index (χ1v) is 7.68. The monoisotopic (exact) mass is 300 g/mol. The van der Waals surface area contributed by atoms with Crippen molar-refractivity contribution in [2.45, 2.75) is 4.90 Å². The molecule has 0 amide bonds. The average Bonchev–Trinajstić information content (AvgIpc) is 3.03. The van der Waals surface area contributed by atoms with Crippen LogP contribution < -0.4 is 4.72 Å². The van der Waals surface area contributed by atoms with Crippen LogP contribution in [0.3, 0.4) is 0 Å². The van der Waals surface area contributed by atoms with Gasteiger partial charge in [0.2, 0.25) is 0 Å². The Morgan fingerprint density at radius 3 is 2.10 bits per heavy atom. The smallest absolute Gasteiger partial charge is 0.261 e. The molecule has 2 aromatic carbocycles. The van der Waals surface area contributed by atoms with Crippen molar-refractivity contribution >= 4 is 15.7 Å². The lowest BCUT2D eigenvalue weighted by molar-refractivity contribution is 0.601. The van der Waals surface area contributed by atoms with E-state index in [2.05, 4.69) is 14.9 Å². The first-order valence-electron chi connectivity index (χ1n) is 6.20. The van der Waals surface area contributed by atoms with Gasteiger partial charge in [0, 0.05) is 5.69 Å². The average molecular weight is 300 g/mol. The topological polar surface area (TPSA) is 76.9 Å². The molecule has 0 bridgehead atoms. The van der Waals surface area contributed by atoms with Gasteiger partial charge < -0.3 is 0 Å². The number of nitrogens with one attached hydrogen (secondary N) is 1. The van der Waals surface area contributed by atoms with Crippen LogP contribution >= 0.6 is 0 Å². The molecule has 0 spiro atoms. The predicted octanol–water partition coefficient (Wildman–Crippen LogP) is 2.07. The zero-order valence-electron chi connectivity index (χ0n) is 10.9. The van der Waals surface area contributed by atoms with Crippen LogP contribution in [-0.4, -0.2) is 23.4 Å². The van der Waals surface area contributed by atoms with Gasteiger partial charge in [-0.25, -0.2) is 8.42 Å². The van der Waals surface area contributed by atoms with Crippen molar-refractivity contribution in [1.82, 2.24) is 15.0 Å². The Balaban J connectivity index is 1.83. The maximum absolute atomic E-state index is 12.2. The second-order valence-electron chi connectivity index (χ2n) is 4.28. The molecule has 0 aliphatic rings. The summed E-state index contributed by atoms with van der Waals surface area (Å²) in [4.78, 5) is 1.68. The molecule has 21 heavy (non-hydrogen) atoms. The summed E-state index contributed by atoms with van der Waals surface area (Å²) < 4.78 is 26.9. The molecule has 0 atom stereocenters. The molecular weight excluding hydrogens is 288 g/mol. The number of sulfonamides is 1. The molecule has 7 heteroatoms. The summed E-state index contributed by atoms with van der Waals surface area (Å²) in [6.07, 6.45) is 3.15. The van der Waals surface area contributed by atoms with Crippen molar-refractivity contribution in [1.29, 1.82) is 0 Å². The fourth-order valence-corrected chi connectivity index (χ4v) is 2.91. The number of anilines is 1. The van der Waals surface area contributed by atoms with E-state index in [9.17, 15) is 8.42 Å². The third kappa shape index (κ3) is 2.92. The first kappa shape index (κ1) is 13.3. The number of nitrogens with zero attached hydrogens (tertiary/aromatic N) is 3. The van der Waals surface area contributed by atoms with Crippen molar-refractivity contribution in [2.24, 2.45) is 0 Å². The molecule has 3 rings (SSSR count). The van der Waals surface area contributed by atoms with E-state index in [1.807, 2.05) is 0 Å². The Bertz CT molecular complexity index is 813. The highest BCUT2D eigenvalue weighted by Gasteiger charge is 2.13. The molecule has 0 aliphatic carbocycles. The third-order valence-corrected chi connectivity index (χ3v) is 4.22. The van der Waals surface area contributed by atoms with E-state index in [0.29, 0.717) is 5.69 Å². The molecule has 1 aromatic heterocycles. The minimum atomic E-state index is -3.57. The van der Waals surface area contributed by atoms with Crippen LogP contribution in [0.15, 0.2) is 71.9 Å². The SMILES string of the molecule is O=S(=O)(Nc1ccc(-n2nccn2)cc1)c1ccccc1. The Kier molecular flexibility index (Phi) is 3.41. The molecular formula is C14H12N4O2S. The number of hydrogen-bond acceptors (Lipinski definition) is 4. The Morgan fingerprint density at radius 2 is 1.48 bits per heavy atom. The quantitative estimate of drug-likeness (QED) is 0.800. The van der Waals surface area contributed by atoms with Gasteiger partial charge in [0.15, 0.2) is 0 Å². The number of rotatable bonds is 4. The summed E-state index contributed by atoms with van der Waals surface area (Å²) in [5, 5.41) is 8.01. The Labute approximate surface area is 122 Å². The van der Waals surface area contributed by atoms with Crippen LogP contribution in [-0.2, 0) is 10.0 Å². The van der Waals surface area contributed by atoms with Gasteiger partial charge in [-0.15, -0.1) is 0 Å². The molecule has 0 unspecified atom stereocenters. The van der Waals surface area contributed by atoms with Gasteiger partial charge in [0.1, 0.15) is 0 Å². The van der Waals surface area contributed by atoms with E-state index in [-0.39, 0.29) is 4.90 Å². The van der Waals surface area contributed by atoms with Gasteiger partial charge in [-0.2, -0.15) is 15.0 Å². The van der Waals surface area contributed by atoms with Gasteiger partial charge in [-0.05, 0) is 36.4 Å². The van der Waals surface area contributed by atoms with Crippen molar-refractivity contribution < 1.29 is 8.42 Å². The Morgan fingerprint density at radius 1 is 0.857 bits per heavy atom. The summed E-state index contributed by atoms with van der Waals surface area (Å²) >= 11 is 0. The van der Waals surface area contributed by atoms with Crippen molar-refractivity contribution in [2.75, 3.05) is 4.72 Å². The van der Waals surface area contributed by atoms with E-state index in [1.54, 1.807) is 67.0 Å². The Hall–Kier alpha value is -2.67. The summed E-state index contributed by atoms with van der Waals surface area (Å²) in [5.41, 5.74) is 1.23. The molecule has 0 saturated heterocycles. The van der Waals surface area contributed by atoms with Crippen LogP contribution in [0.2, 0.25) is 0 Å². The van der Waals surface area contributed by atoms with E-state index in [4.69, 9.17) is 0 Å². The molecule has 0 aliphatic heterocycles. The molecule has 1 N–H and O–H groups in total. The van der Waals surface area contributed by atoms with Gasteiger partial charge in [-0.3, -0.25) is 4.72 Å². The second kappa shape index (κ2) is 5.37. The second-order valence-corrected chi connectivity index (χ2v) is 5.97. The van der Waals surface area contributed by atoms with Crippen molar-refractivity contribution in [3.8, 4) is 5.69 Å².